The molecular weight excluding hydrogens is 354 g/mol. The van der Waals surface area contributed by atoms with Crippen molar-refractivity contribution in [3.8, 4) is 17.0 Å². The molecule has 140 valence electrons. The molecule has 0 amide bonds. The molecule has 2 aromatic heterocycles. The Kier molecular flexibility index (Phi) is 5.06. The highest BCUT2D eigenvalue weighted by atomic mass is 19.3. The molecule has 0 spiro atoms. The largest absolute Gasteiger partial charge is 0.435 e. The number of pyridine rings is 1. The van der Waals surface area contributed by atoms with Crippen molar-refractivity contribution in [3.63, 3.8) is 0 Å². The molecule has 1 atom stereocenters. The van der Waals surface area contributed by atoms with Gasteiger partial charge in [-0.15, -0.1) is 10.2 Å². The van der Waals surface area contributed by atoms with Crippen molar-refractivity contribution in [2.75, 3.05) is 18.5 Å². The molecular formula is C19H18F2N4O2. The number of nitrogens with zero attached hydrogens (tertiary/aromatic N) is 3. The first kappa shape index (κ1) is 17.5. The van der Waals surface area contributed by atoms with Crippen molar-refractivity contribution in [2.45, 2.75) is 25.6 Å². The van der Waals surface area contributed by atoms with Crippen LogP contribution in [0.3, 0.4) is 0 Å². The molecule has 1 aromatic carbocycles. The van der Waals surface area contributed by atoms with Crippen molar-refractivity contribution in [2.24, 2.45) is 0 Å². The van der Waals surface area contributed by atoms with Crippen LogP contribution in [0.25, 0.3) is 22.0 Å². The molecule has 1 aliphatic heterocycles. The van der Waals surface area contributed by atoms with Gasteiger partial charge in [0, 0.05) is 41.9 Å². The van der Waals surface area contributed by atoms with Crippen LogP contribution in [-0.2, 0) is 4.74 Å². The minimum atomic E-state index is -2.85. The maximum Gasteiger partial charge on any atom is 0.387 e. The quantitative estimate of drug-likeness (QED) is 0.708. The maximum absolute atomic E-state index is 12.3. The van der Waals surface area contributed by atoms with Gasteiger partial charge in [-0.05, 0) is 43.2 Å². The summed E-state index contributed by atoms with van der Waals surface area (Å²) in [5, 5.41) is 13.7. The first-order valence-electron chi connectivity index (χ1n) is 8.72. The van der Waals surface area contributed by atoms with Crippen LogP contribution < -0.4 is 10.1 Å². The average molecular weight is 372 g/mol. The van der Waals surface area contributed by atoms with E-state index in [4.69, 9.17) is 4.74 Å². The Hall–Kier alpha value is -2.87. The summed E-state index contributed by atoms with van der Waals surface area (Å²) in [6, 6.07) is 8.20. The van der Waals surface area contributed by atoms with E-state index in [1.165, 1.54) is 12.1 Å². The topological polar surface area (TPSA) is 69.2 Å². The van der Waals surface area contributed by atoms with Crippen LogP contribution in [0.2, 0.25) is 0 Å². The number of halogens is 2. The van der Waals surface area contributed by atoms with Crippen molar-refractivity contribution >= 4 is 16.6 Å². The van der Waals surface area contributed by atoms with Gasteiger partial charge in [0.1, 0.15) is 11.4 Å². The third-order valence-corrected chi connectivity index (χ3v) is 4.46. The molecule has 8 heteroatoms. The molecule has 1 saturated heterocycles. The normalized spacial score (nSPS) is 16.8. The van der Waals surface area contributed by atoms with Crippen molar-refractivity contribution in [3.05, 3.63) is 42.7 Å². The number of aromatic nitrogens is 3. The first-order chi connectivity index (χ1) is 13.2. The number of benzene rings is 1. The minimum Gasteiger partial charge on any atom is -0.435 e. The van der Waals surface area contributed by atoms with Crippen LogP contribution in [0, 0.1) is 0 Å². The second-order valence-corrected chi connectivity index (χ2v) is 6.24. The zero-order valence-corrected chi connectivity index (χ0v) is 14.4. The molecule has 0 unspecified atom stereocenters. The highest BCUT2D eigenvalue weighted by Gasteiger charge is 2.17. The standard InChI is InChI=1S/C19H18F2N4O2/c20-19(21)27-13-5-3-12(4-6-13)17-15-7-8-22-11-16(15)18(25-24-17)23-10-14-2-1-9-26-14/h3-8,11,14,19H,1-2,9-10H2,(H,23,25)/t14-/m1/s1. The molecule has 0 bridgehead atoms. The number of nitrogens with one attached hydrogen (secondary N) is 1. The lowest BCUT2D eigenvalue weighted by atomic mass is 10.1. The summed E-state index contributed by atoms with van der Waals surface area (Å²) in [6.45, 7) is -1.39. The summed E-state index contributed by atoms with van der Waals surface area (Å²) >= 11 is 0. The van der Waals surface area contributed by atoms with Crippen LogP contribution in [0.4, 0.5) is 14.6 Å². The summed E-state index contributed by atoms with van der Waals surface area (Å²) in [7, 11) is 0. The molecule has 4 rings (SSSR count). The maximum atomic E-state index is 12.3. The van der Waals surface area contributed by atoms with Gasteiger partial charge in [-0.25, -0.2) is 0 Å². The van der Waals surface area contributed by atoms with E-state index in [2.05, 4.69) is 25.2 Å². The summed E-state index contributed by atoms with van der Waals surface area (Å²) in [5.41, 5.74) is 1.41. The van der Waals surface area contributed by atoms with Gasteiger partial charge in [0.15, 0.2) is 5.82 Å². The number of ether oxygens (including phenoxy) is 2. The van der Waals surface area contributed by atoms with E-state index in [1.54, 1.807) is 24.5 Å². The molecule has 6 nitrogen and oxygen atoms in total. The van der Waals surface area contributed by atoms with E-state index < -0.39 is 6.61 Å². The van der Waals surface area contributed by atoms with Crippen LogP contribution >= 0.6 is 0 Å². The monoisotopic (exact) mass is 372 g/mol. The Labute approximate surface area is 154 Å². The molecule has 0 aliphatic carbocycles. The summed E-state index contributed by atoms with van der Waals surface area (Å²) in [5.74, 6) is 0.748. The molecule has 1 N–H and O–H groups in total. The first-order valence-corrected chi connectivity index (χ1v) is 8.72. The van der Waals surface area contributed by atoms with Gasteiger partial charge in [0.2, 0.25) is 0 Å². The highest BCUT2D eigenvalue weighted by Crippen LogP contribution is 2.30. The van der Waals surface area contributed by atoms with E-state index >= 15 is 0 Å². The lowest BCUT2D eigenvalue weighted by Crippen LogP contribution is -2.19. The number of hydrogen-bond donors (Lipinski definition) is 1. The Balaban J connectivity index is 1.63. The predicted molar refractivity (Wildman–Crippen MR) is 96.9 cm³/mol. The van der Waals surface area contributed by atoms with Gasteiger partial charge in [0.25, 0.3) is 0 Å². The van der Waals surface area contributed by atoms with Crippen LogP contribution in [0.1, 0.15) is 12.8 Å². The average Bonchev–Trinajstić information content (AvgIpc) is 3.20. The molecule has 0 saturated carbocycles. The summed E-state index contributed by atoms with van der Waals surface area (Å²) in [4.78, 5) is 4.19. The van der Waals surface area contributed by atoms with Gasteiger partial charge in [-0.1, -0.05) is 0 Å². The van der Waals surface area contributed by atoms with Gasteiger partial charge in [0.05, 0.1) is 6.10 Å². The Morgan fingerprint density at radius 1 is 1.15 bits per heavy atom. The fourth-order valence-electron chi connectivity index (χ4n) is 3.15. The molecule has 1 aliphatic rings. The van der Waals surface area contributed by atoms with Crippen molar-refractivity contribution < 1.29 is 18.3 Å². The Morgan fingerprint density at radius 3 is 2.74 bits per heavy atom. The summed E-state index contributed by atoms with van der Waals surface area (Å²) in [6.07, 6.45) is 5.71. The third-order valence-electron chi connectivity index (χ3n) is 4.46. The molecule has 27 heavy (non-hydrogen) atoms. The van der Waals surface area contributed by atoms with Gasteiger partial charge in [-0.2, -0.15) is 8.78 Å². The molecule has 3 heterocycles. The number of hydrogen-bond acceptors (Lipinski definition) is 6. The SMILES string of the molecule is FC(F)Oc1ccc(-c2nnc(NC[C@H]3CCCO3)c3cnccc23)cc1. The number of anilines is 1. The number of alkyl halides is 2. The second kappa shape index (κ2) is 7.79. The zero-order valence-electron chi connectivity index (χ0n) is 14.4. The fraction of sp³-hybridized carbons (Fsp3) is 0.316. The van der Waals surface area contributed by atoms with E-state index in [1.807, 2.05) is 6.07 Å². The van der Waals surface area contributed by atoms with Gasteiger partial charge >= 0.3 is 6.61 Å². The number of rotatable bonds is 6. The minimum absolute atomic E-state index is 0.0996. The van der Waals surface area contributed by atoms with E-state index in [0.29, 0.717) is 18.1 Å². The van der Waals surface area contributed by atoms with Gasteiger partial charge in [-0.3, -0.25) is 4.98 Å². The third kappa shape index (κ3) is 3.95. The van der Waals surface area contributed by atoms with E-state index in [-0.39, 0.29) is 11.9 Å². The van der Waals surface area contributed by atoms with Crippen LogP contribution in [0.15, 0.2) is 42.7 Å². The molecule has 0 radical (unpaired) electrons. The smallest absolute Gasteiger partial charge is 0.387 e. The van der Waals surface area contributed by atoms with E-state index in [9.17, 15) is 8.78 Å². The van der Waals surface area contributed by atoms with Crippen LogP contribution in [0.5, 0.6) is 5.75 Å². The second-order valence-electron chi connectivity index (χ2n) is 6.24. The van der Waals surface area contributed by atoms with E-state index in [0.717, 1.165) is 35.8 Å². The van der Waals surface area contributed by atoms with Crippen molar-refractivity contribution in [1.29, 1.82) is 0 Å². The van der Waals surface area contributed by atoms with Crippen molar-refractivity contribution in [1.82, 2.24) is 15.2 Å². The molecule has 1 fully saturated rings. The van der Waals surface area contributed by atoms with Gasteiger partial charge < -0.3 is 14.8 Å². The number of fused-ring (bicyclic) bond motifs is 1. The lowest BCUT2D eigenvalue weighted by molar-refractivity contribution is -0.0498. The zero-order chi connectivity index (χ0) is 18.6. The Bertz CT molecular complexity index is 915. The predicted octanol–water partition coefficient (Wildman–Crippen LogP) is 3.88. The highest BCUT2D eigenvalue weighted by molar-refractivity contribution is 5.99. The fourth-order valence-corrected chi connectivity index (χ4v) is 3.15. The molecule has 3 aromatic rings. The summed E-state index contributed by atoms with van der Waals surface area (Å²) < 4.78 is 34.6. The van der Waals surface area contributed by atoms with Crippen LogP contribution in [-0.4, -0.2) is 41.0 Å². The lowest BCUT2D eigenvalue weighted by Gasteiger charge is -2.14. The Morgan fingerprint density at radius 2 is 2.00 bits per heavy atom.